The lowest BCUT2D eigenvalue weighted by molar-refractivity contribution is 0.174. The number of thiophene rings is 1. The first-order valence-corrected chi connectivity index (χ1v) is 10.9. The smallest absolute Gasteiger partial charge is 0.322 e. The summed E-state index contributed by atoms with van der Waals surface area (Å²) in [5, 5.41) is 19.4. The van der Waals surface area contributed by atoms with E-state index in [0.717, 1.165) is 4.88 Å². The molecule has 9 nitrogen and oxygen atoms in total. The van der Waals surface area contributed by atoms with Crippen molar-refractivity contribution in [1.82, 2.24) is 20.4 Å². The van der Waals surface area contributed by atoms with Crippen LogP contribution in [0.5, 0.6) is 11.5 Å². The lowest BCUT2D eigenvalue weighted by atomic mass is 9.94. The standard InChI is InChI=1S/C22H24N4O5S/c1-13-18(21-24-20(25-31-21)17-6-4-11-32-17)19(14-7-8-16(30-3)15(27)12-14)23-22(28)26(13)9-5-10-29-2/h4,6-8,11-12,19,27H,5,9-10H2,1-3H3,(H,23,28). The Hall–Kier alpha value is -3.37. The normalized spacial score (nSPS) is 16.4. The number of amides is 2. The van der Waals surface area contributed by atoms with Crippen molar-refractivity contribution in [2.45, 2.75) is 19.4 Å². The average molecular weight is 457 g/mol. The van der Waals surface area contributed by atoms with Crippen LogP contribution < -0.4 is 10.1 Å². The third kappa shape index (κ3) is 4.19. The van der Waals surface area contributed by atoms with Crippen molar-refractivity contribution in [3.63, 3.8) is 0 Å². The van der Waals surface area contributed by atoms with Crippen LogP contribution in [0.1, 0.15) is 30.8 Å². The Kier molecular flexibility index (Phi) is 6.42. The summed E-state index contributed by atoms with van der Waals surface area (Å²) >= 11 is 1.51. The molecule has 0 radical (unpaired) electrons. The molecule has 4 rings (SSSR count). The van der Waals surface area contributed by atoms with Gasteiger partial charge in [0.15, 0.2) is 11.5 Å². The number of carbonyl (C=O) groups excluding carboxylic acids is 1. The van der Waals surface area contributed by atoms with Crippen LogP contribution in [0.25, 0.3) is 16.3 Å². The van der Waals surface area contributed by atoms with E-state index in [4.69, 9.17) is 14.0 Å². The minimum absolute atomic E-state index is 0.0245. The third-order valence-electron chi connectivity index (χ3n) is 5.26. The molecule has 2 N–H and O–H groups in total. The van der Waals surface area contributed by atoms with Crippen molar-refractivity contribution in [3.8, 4) is 22.2 Å². The van der Waals surface area contributed by atoms with Gasteiger partial charge >= 0.3 is 6.03 Å². The third-order valence-corrected chi connectivity index (χ3v) is 6.13. The Morgan fingerprint density at radius 1 is 1.31 bits per heavy atom. The highest BCUT2D eigenvalue weighted by molar-refractivity contribution is 7.13. The molecule has 0 spiro atoms. The van der Waals surface area contributed by atoms with Crippen molar-refractivity contribution in [1.29, 1.82) is 0 Å². The summed E-state index contributed by atoms with van der Waals surface area (Å²) in [5.74, 6) is 1.11. The number of benzene rings is 1. The number of aromatic nitrogens is 2. The molecule has 0 saturated carbocycles. The number of carbonyl (C=O) groups is 1. The molecule has 3 aromatic rings. The Morgan fingerprint density at radius 2 is 2.16 bits per heavy atom. The second kappa shape index (κ2) is 9.41. The van der Waals surface area contributed by atoms with E-state index >= 15 is 0 Å². The van der Waals surface area contributed by atoms with E-state index < -0.39 is 6.04 Å². The predicted octanol–water partition coefficient (Wildman–Crippen LogP) is 4.05. The maximum absolute atomic E-state index is 12.9. The van der Waals surface area contributed by atoms with Gasteiger partial charge in [-0.3, -0.25) is 4.90 Å². The number of aromatic hydroxyl groups is 1. The first-order chi connectivity index (χ1) is 15.5. The minimum atomic E-state index is -0.588. The molecule has 1 unspecified atom stereocenters. The molecule has 0 bridgehead atoms. The second-order valence-corrected chi connectivity index (χ2v) is 8.16. The number of ether oxygens (including phenoxy) is 2. The van der Waals surface area contributed by atoms with Crippen LogP contribution in [-0.4, -0.2) is 53.5 Å². The van der Waals surface area contributed by atoms with Crippen molar-refractivity contribution in [2.24, 2.45) is 0 Å². The zero-order valence-electron chi connectivity index (χ0n) is 18.0. The van der Waals surface area contributed by atoms with Gasteiger partial charge in [0, 0.05) is 26.0 Å². The number of methoxy groups -OCH3 is 2. The zero-order valence-corrected chi connectivity index (χ0v) is 18.8. The number of phenolic OH excluding ortho intramolecular Hbond substituents is 1. The van der Waals surface area contributed by atoms with Gasteiger partial charge in [0.05, 0.1) is 23.6 Å². The largest absolute Gasteiger partial charge is 0.504 e. The number of hydrogen-bond acceptors (Lipinski definition) is 8. The first kappa shape index (κ1) is 21.8. The summed E-state index contributed by atoms with van der Waals surface area (Å²) in [6.45, 7) is 2.86. The maximum Gasteiger partial charge on any atom is 0.322 e. The van der Waals surface area contributed by atoms with E-state index in [1.165, 1.54) is 18.4 Å². The average Bonchev–Trinajstić information content (AvgIpc) is 3.47. The molecule has 1 aliphatic rings. The highest BCUT2D eigenvalue weighted by Gasteiger charge is 2.36. The van der Waals surface area contributed by atoms with Crippen molar-refractivity contribution < 1.29 is 23.9 Å². The van der Waals surface area contributed by atoms with Crippen LogP contribution >= 0.6 is 11.3 Å². The van der Waals surface area contributed by atoms with E-state index in [0.29, 0.717) is 53.9 Å². The molecule has 2 aromatic heterocycles. The highest BCUT2D eigenvalue weighted by Crippen LogP contribution is 2.40. The topological polar surface area (TPSA) is 110 Å². The molecule has 168 valence electrons. The van der Waals surface area contributed by atoms with Gasteiger partial charge in [-0.05, 0) is 42.5 Å². The molecule has 0 aliphatic carbocycles. The molecule has 32 heavy (non-hydrogen) atoms. The quantitative estimate of drug-likeness (QED) is 0.492. The van der Waals surface area contributed by atoms with Gasteiger partial charge in [-0.15, -0.1) is 11.3 Å². The fraction of sp³-hybridized carbons (Fsp3) is 0.318. The summed E-state index contributed by atoms with van der Waals surface area (Å²) < 4.78 is 15.9. The molecule has 1 aromatic carbocycles. The molecule has 10 heteroatoms. The number of urea groups is 1. The van der Waals surface area contributed by atoms with Crippen LogP contribution in [0, 0.1) is 0 Å². The van der Waals surface area contributed by atoms with Crippen LogP contribution in [0.2, 0.25) is 0 Å². The molecular weight excluding hydrogens is 432 g/mol. The van der Waals surface area contributed by atoms with Crippen molar-refractivity contribution >= 4 is 22.9 Å². The number of nitrogens with one attached hydrogen (secondary N) is 1. The highest BCUT2D eigenvalue weighted by atomic mass is 32.1. The summed E-state index contributed by atoms with van der Waals surface area (Å²) in [4.78, 5) is 20.1. The lowest BCUT2D eigenvalue weighted by Crippen LogP contribution is -2.46. The first-order valence-electron chi connectivity index (χ1n) is 10.1. The molecule has 1 atom stereocenters. The van der Waals surface area contributed by atoms with E-state index in [2.05, 4.69) is 15.5 Å². The Bertz CT molecular complexity index is 1130. The molecule has 0 saturated heterocycles. The van der Waals surface area contributed by atoms with Gasteiger partial charge in [-0.25, -0.2) is 4.79 Å². The number of phenols is 1. The monoisotopic (exact) mass is 456 g/mol. The van der Waals surface area contributed by atoms with E-state index in [1.54, 1.807) is 30.2 Å². The SMILES string of the molecule is COCCCN1C(=O)NC(c2ccc(OC)c(O)c2)C(c2nc(-c3cccs3)no2)=C1C. The molecule has 2 amide bonds. The minimum Gasteiger partial charge on any atom is -0.504 e. The van der Waals surface area contributed by atoms with Crippen molar-refractivity contribution in [3.05, 3.63) is 52.9 Å². The fourth-order valence-corrected chi connectivity index (χ4v) is 4.32. The van der Waals surface area contributed by atoms with Gasteiger partial charge in [0.25, 0.3) is 5.89 Å². The van der Waals surface area contributed by atoms with Gasteiger partial charge in [-0.2, -0.15) is 4.98 Å². The van der Waals surface area contributed by atoms with Crippen LogP contribution in [0.4, 0.5) is 4.79 Å². The number of rotatable bonds is 8. The Balaban J connectivity index is 1.78. The molecule has 1 aliphatic heterocycles. The number of nitrogens with zero attached hydrogens (tertiary/aromatic N) is 3. The zero-order chi connectivity index (χ0) is 22.7. The molecule has 0 fully saturated rings. The van der Waals surface area contributed by atoms with Crippen LogP contribution in [0.15, 0.2) is 45.9 Å². The number of hydrogen-bond donors (Lipinski definition) is 2. The van der Waals surface area contributed by atoms with E-state index in [9.17, 15) is 9.90 Å². The second-order valence-electron chi connectivity index (χ2n) is 7.21. The fourth-order valence-electron chi connectivity index (χ4n) is 3.67. The summed E-state index contributed by atoms with van der Waals surface area (Å²) in [5.41, 5.74) is 2.03. The van der Waals surface area contributed by atoms with E-state index in [1.807, 2.05) is 24.4 Å². The summed E-state index contributed by atoms with van der Waals surface area (Å²) in [7, 11) is 3.11. The van der Waals surface area contributed by atoms with Gasteiger partial charge < -0.3 is 24.4 Å². The molecule has 3 heterocycles. The van der Waals surface area contributed by atoms with E-state index in [-0.39, 0.29) is 11.8 Å². The van der Waals surface area contributed by atoms with Gasteiger partial charge in [0.2, 0.25) is 5.82 Å². The van der Waals surface area contributed by atoms with Gasteiger partial charge in [-0.1, -0.05) is 17.3 Å². The summed E-state index contributed by atoms with van der Waals surface area (Å²) in [6, 6.07) is 8.00. The Morgan fingerprint density at radius 3 is 2.84 bits per heavy atom. The predicted molar refractivity (Wildman–Crippen MR) is 119 cm³/mol. The summed E-state index contributed by atoms with van der Waals surface area (Å²) in [6.07, 6.45) is 0.673. The van der Waals surface area contributed by atoms with Gasteiger partial charge in [0.1, 0.15) is 0 Å². The number of allylic oxidation sites excluding steroid dienone is 1. The molecular formula is C22H24N4O5S. The van der Waals surface area contributed by atoms with Crippen LogP contribution in [-0.2, 0) is 4.74 Å². The van der Waals surface area contributed by atoms with Crippen LogP contribution in [0.3, 0.4) is 0 Å². The maximum atomic E-state index is 12.9. The lowest BCUT2D eigenvalue weighted by Gasteiger charge is -2.35. The van der Waals surface area contributed by atoms with Crippen molar-refractivity contribution in [2.75, 3.05) is 27.4 Å². The Labute approximate surface area is 189 Å².